The number of nitrogens with one attached hydrogen (secondary N) is 1. The van der Waals surface area contributed by atoms with E-state index < -0.39 is 0 Å². The van der Waals surface area contributed by atoms with Crippen LogP contribution in [0.2, 0.25) is 0 Å². The van der Waals surface area contributed by atoms with E-state index in [1.54, 1.807) is 16.8 Å². The van der Waals surface area contributed by atoms with Crippen LogP contribution >= 0.6 is 0 Å². The van der Waals surface area contributed by atoms with E-state index in [1.165, 1.54) is 0 Å². The minimum atomic E-state index is -0.373. The predicted molar refractivity (Wildman–Crippen MR) is 117 cm³/mol. The molecule has 150 valence electrons. The van der Waals surface area contributed by atoms with Gasteiger partial charge >= 0.3 is 0 Å². The number of hydrogen-bond acceptors (Lipinski definition) is 4. The van der Waals surface area contributed by atoms with Gasteiger partial charge < -0.3 is 10.1 Å². The first-order chi connectivity index (χ1) is 14.6. The fourth-order valence-electron chi connectivity index (χ4n) is 3.04. The van der Waals surface area contributed by atoms with Crippen molar-refractivity contribution in [1.82, 2.24) is 14.8 Å². The Morgan fingerprint density at radius 1 is 0.967 bits per heavy atom. The molecule has 0 atom stereocenters. The number of rotatable bonds is 6. The second-order valence-corrected chi connectivity index (χ2v) is 6.78. The lowest BCUT2D eigenvalue weighted by atomic mass is 10.1. The van der Waals surface area contributed by atoms with Gasteiger partial charge in [0, 0.05) is 11.3 Å². The van der Waals surface area contributed by atoms with E-state index in [0.29, 0.717) is 18.1 Å². The zero-order valence-corrected chi connectivity index (χ0v) is 16.9. The first kappa shape index (κ1) is 19.4. The molecule has 4 aromatic rings. The molecule has 3 aromatic carbocycles. The van der Waals surface area contributed by atoms with Gasteiger partial charge in [0.15, 0.2) is 5.82 Å². The lowest BCUT2D eigenvalue weighted by Gasteiger charge is -2.06. The molecule has 0 fully saturated rings. The summed E-state index contributed by atoms with van der Waals surface area (Å²) in [6.07, 6.45) is 0. The summed E-state index contributed by atoms with van der Waals surface area (Å²) in [4.78, 5) is 17.4. The van der Waals surface area contributed by atoms with E-state index in [1.807, 2.05) is 80.6 Å². The maximum atomic E-state index is 12.8. The molecule has 1 heterocycles. The van der Waals surface area contributed by atoms with Crippen molar-refractivity contribution in [2.45, 2.75) is 13.8 Å². The van der Waals surface area contributed by atoms with E-state index in [9.17, 15) is 4.79 Å². The molecule has 0 unspecified atom stereocenters. The summed E-state index contributed by atoms with van der Waals surface area (Å²) < 4.78 is 7.13. The average Bonchev–Trinajstić information content (AvgIpc) is 3.22. The SMILES string of the molecule is CCOc1ccc(NC(=O)c2nc(-c3ccc(C)cc3)n(-c3ccccc3)n2)cc1. The van der Waals surface area contributed by atoms with Gasteiger partial charge in [0.1, 0.15) is 5.75 Å². The van der Waals surface area contributed by atoms with Gasteiger partial charge in [-0.1, -0.05) is 48.0 Å². The third-order valence-electron chi connectivity index (χ3n) is 4.54. The number of benzene rings is 3. The molecule has 1 N–H and O–H groups in total. The lowest BCUT2D eigenvalue weighted by molar-refractivity contribution is 0.101. The summed E-state index contributed by atoms with van der Waals surface area (Å²) in [7, 11) is 0. The molecule has 6 nitrogen and oxygen atoms in total. The van der Waals surface area contributed by atoms with E-state index >= 15 is 0 Å². The van der Waals surface area contributed by atoms with Crippen molar-refractivity contribution in [3.05, 3.63) is 90.3 Å². The highest BCUT2D eigenvalue weighted by Gasteiger charge is 2.19. The number of nitrogens with zero attached hydrogens (tertiary/aromatic N) is 3. The number of carbonyl (C=O) groups excluding carboxylic acids is 1. The second kappa shape index (κ2) is 8.61. The largest absolute Gasteiger partial charge is 0.494 e. The Balaban J connectivity index is 1.66. The van der Waals surface area contributed by atoms with Crippen molar-refractivity contribution >= 4 is 11.6 Å². The number of aryl methyl sites for hydroxylation is 1. The molecule has 0 bridgehead atoms. The molecule has 1 aromatic heterocycles. The number of ether oxygens (including phenoxy) is 1. The Labute approximate surface area is 175 Å². The van der Waals surface area contributed by atoms with Crippen LogP contribution in [0.1, 0.15) is 23.1 Å². The molecule has 0 spiro atoms. The van der Waals surface area contributed by atoms with Gasteiger partial charge in [0.05, 0.1) is 12.3 Å². The van der Waals surface area contributed by atoms with Crippen LogP contribution in [0.25, 0.3) is 17.1 Å². The monoisotopic (exact) mass is 398 g/mol. The molecule has 6 heteroatoms. The smallest absolute Gasteiger partial charge is 0.295 e. The fraction of sp³-hybridized carbons (Fsp3) is 0.125. The van der Waals surface area contributed by atoms with Crippen molar-refractivity contribution in [3.63, 3.8) is 0 Å². The van der Waals surface area contributed by atoms with Crippen LogP contribution in [0.3, 0.4) is 0 Å². The third-order valence-corrected chi connectivity index (χ3v) is 4.54. The van der Waals surface area contributed by atoms with E-state index in [0.717, 1.165) is 22.6 Å². The van der Waals surface area contributed by atoms with Crippen molar-refractivity contribution in [1.29, 1.82) is 0 Å². The Kier molecular flexibility index (Phi) is 5.57. The van der Waals surface area contributed by atoms with Crippen LogP contribution < -0.4 is 10.1 Å². The Morgan fingerprint density at radius 2 is 1.67 bits per heavy atom. The normalized spacial score (nSPS) is 10.6. The first-order valence-electron chi connectivity index (χ1n) is 9.78. The zero-order chi connectivity index (χ0) is 20.9. The molecule has 0 radical (unpaired) electrons. The summed E-state index contributed by atoms with van der Waals surface area (Å²) >= 11 is 0. The maximum Gasteiger partial charge on any atom is 0.295 e. The molecule has 0 saturated heterocycles. The van der Waals surface area contributed by atoms with Crippen LogP contribution in [-0.4, -0.2) is 27.3 Å². The zero-order valence-electron chi connectivity index (χ0n) is 16.9. The van der Waals surface area contributed by atoms with Crippen molar-refractivity contribution in [2.75, 3.05) is 11.9 Å². The van der Waals surface area contributed by atoms with Crippen LogP contribution in [0.15, 0.2) is 78.9 Å². The highest BCUT2D eigenvalue weighted by atomic mass is 16.5. The second-order valence-electron chi connectivity index (χ2n) is 6.78. The van der Waals surface area contributed by atoms with Crippen LogP contribution in [0.4, 0.5) is 5.69 Å². The molecular weight excluding hydrogens is 376 g/mol. The summed E-state index contributed by atoms with van der Waals surface area (Å²) in [5.41, 5.74) is 3.52. The minimum absolute atomic E-state index is 0.100. The van der Waals surface area contributed by atoms with Crippen molar-refractivity contribution < 1.29 is 9.53 Å². The summed E-state index contributed by atoms with van der Waals surface area (Å²) in [6, 6.07) is 24.8. The summed E-state index contributed by atoms with van der Waals surface area (Å²) in [5, 5.41) is 7.34. The summed E-state index contributed by atoms with van der Waals surface area (Å²) in [6.45, 7) is 4.55. The molecule has 0 aliphatic heterocycles. The minimum Gasteiger partial charge on any atom is -0.494 e. The molecule has 0 aliphatic carbocycles. The highest BCUT2D eigenvalue weighted by Crippen LogP contribution is 2.22. The number of para-hydroxylation sites is 1. The fourth-order valence-corrected chi connectivity index (χ4v) is 3.04. The quantitative estimate of drug-likeness (QED) is 0.502. The number of amides is 1. The van der Waals surface area contributed by atoms with Gasteiger partial charge in [-0.2, -0.15) is 0 Å². The number of aromatic nitrogens is 3. The average molecular weight is 398 g/mol. The summed E-state index contributed by atoms with van der Waals surface area (Å²) in [5.74, 6) is 1.09. The lowest BCUT2D eigenvalue weighted by Crippen LogP contribution is -2.14. The van der Waals surface area contributed by atoms with E-state index in [2.05, 4.69) is 15.4 Å². The van der Waals surface area contributed by atoms with Crippen molar-refractivity contribution in [3.8, 4) is 22.8 Å². The van der Waals surface area contributed by atoms with Gasteiger partial charge in [0.2, 0.25) is 5.82 Å². The molecule has 0 saturated carbocycles. The van der Waals surface area contributed by atoms with E-state index in [4.69, 9.17) is 4.74 Å². The van der Waals surface area contributed by atoms with Gasteiger partial charge in [-0.15, -0.1) is 5.10 Å². The van der Waals surface area contributed by atoms with Crippen LogP contribution in [0, 0.1) is 6.92 Å². The Hall–Kier alpha value is -3.93. The first-order valence-corrected chi connectivity index (χ1v) is 9.78. The van der Waals surface area contributed by atoms with Crippen molar-refractivity contribution in [2.24, 2.45) is 0 Å². The van der Waals surface area contributed by atoms with Gasteiger partial charge in [-0.05, 0) is 50.2 Å². The van der Waals surface area contributed by atoms with E-state index in [-0.39, 0.29) is 11.7 Å². The standard InChI is InChI=1S/C24H22N4O2/c1-3-30-21-15-13-19(14-16-21)25-24(29)22-26-23(18-11-9-17(2)10-12-18)28(27-22)20-7-5-4-6-8-20/h4-16H,3H2,1-2H3,(H,25,29). The predicted octanol–water partition coefficient (Wildman–Crippen LogP) is 4.89. The molecular formula is C24H22N4O2. The van der Waals surface area contributed by atoms with Gasteiger partial charge in [-0.3, -0.25) is 4.79 Å². The number of anilines is 1. The maximum absolute atomic E-state index is 12.8. The van der Waals surface area contributed by atoms with Gasteiger partial charge in [0.25, 0.3) is 5.91 Å². The molecule has 0 aliphatic rings. The van der Waals surface area contributed by atoms with Crippen LogP contribution in [-0.2, 0) is 0 Å². The van der Waals surface area contributed by atoms with Crippen LogP contribution in [0.5, 0.6) is 5.75 Å². The van der Waals surface area contributed by atoms with Gasteiger partial charge in [-0.25, -0.2) is 9.67 Å². The number of carbonyl (C=O) groups is 1. The Morgan fingerprint density at radius 3 is 2.33 bits per heavy atom. The molecule has 30 heavy (non-hydrogen) atoms. The topological polar surface area (TPSA) is 69.0 Å². The third kappa shape index (κ3) is 4.22. The molecule has 4 rings (SSSR count). The number of hydrogen-bond donors (Lipinski definition) is 1. The highest BCUT2D eigenvalue weighted by molar-refractivity contribution is 6.01. The Bertz CT molecular complexity index is 1130. The molecule has 1 amide bonds.